The highest BCUT2D eigenvalue weighted by atomic mass is 35.5. The molecule has 1 rings (SSSR count). The maximum absolute atomic E-state index is 6.02. The van der Waals surface area contributed by atoms with Crippen molar-refractivity contribution in [3.8, 4) is 0 Å². The van der Waals surface area contributed by atoms with Gasteiger partial charge in [-0.2, -0.15) is 0 Å². The van der Waals surface area contributed by atoms with Crippen LogP contribution in [0.4, 0.5) is 5.69 Å². The molecule has 0 aliphatic carbocycles. The summed E-state index contributed by atoms with van der Waals surface area (Å²) in [5, 5.41) is 4.70. The fourth-order valence-corrected chi connectivity index (χ4v) is 2.50. The van der Waals surface area contributed by atoms with Crippen LogP contribution in [0.15, 0.2) is 12.1 Å². The quantitative estimate of drug-likeness (QED) is 0.565. The van der Waals surface area contributed by atoms with Gasteiger partial charge >= 0.3 is 0 Å². The number of ether oxygens (including phenoxy) is 1. The number of anilines is 1. The number of hydrazine groups is 1. The average molecular weight is 343 g/mol. The van der Waals surface area contributed by atoms with Crippen molar-refractivity contribution in [2.24, 2.45) is 0 Å². The predicted molar refractivity (Wildman–Crippen MR) is 85.3 cm³/mol. The van der Waals surface area contributed by atoms with E-state index in [2.05, 4.69) is 16.2 Å². The zero-order valence-electron chi connectivity index (χ0n) is 10.4. The minimum absolute atomic E-state index is 0.0861. The highest BCUT2D eigenvalue weighted by molar-refractivity contribution is 7.80. The number of thiocarbonyl (C=S) groups is 1. The van der Waals surface area contributed by atoms with Gasteiger partial charge in [-0.25, -0.2) is 0 Å². The van der Waals surface area contributed by atoms with Crippen molar-refractivity contribution in [1.82, 2.24) is 10.7 Å². The Bertz CT molecular complexity index is 436. The number of halogens is 3. The fourth-order valence-electron chi connectivity index (χ4n) is 1.33. The molecule has 0 heterocycles. The zero-order chi connectivity index (χ0) is 14.4. The lowest BCUT2D eigenvalue weighted by Gasteiger charge is -2.18. The van der Waals surface area contributed by atoms with Crippen molar-refractivity contribution in [2.75, 3.05) is 19.1 Å². The molecule has 0 aromatic heterocycles. The van der Waals surface area contributed by atoms with Gasteiger partial charge in [-0.05, 0) is 31.3 Å². The summed E-state index contributed by atoms with van der Waals surface area (Å²) in [5.74, 6) is 0. The minimum atomic E-state index is 0.0861. The van der Waals surface area contributed by atoms with Crippen LogP contribution in [-0.2, 0) is 4.74 Å². The Kier molecular flexibility index (Phi) is 6.96. The largest absolute Gasteiger partial charge is 0.383 e. The first-order valence-corrected chi connectivity index (χ1v) is 6.94. The Morgan fingerprint density at radius 2 is 1.89 bits per heavy atom. The van der Waals surface area contributed by atoms with Gasteiger partial charge in [-0.3, -0.25) is 10.9 Å². The molecule has 19 heavy (non-hydrogen) atoms. The van der Waals surface area contributed by atoms with Gasteiger partial charge in [0, 0.05) is 18.2 Å². The monoisotopic (exact) mass is 341 g/mol. The zero-order valence-corrected chi connectivity index (χ0v) is 13.5. The van der Waals surface area contributed by atoms with Crippen LogP contribution in [0.1, 0.15) is 6.92 Å². The lowest BCUT2D eigenvalue weighted by molar-refractivity contribution is 0.179. The smallest absolute Gasteiger partial charge is 0.185 e. The Morgan fingerprint density at radius 1 is 1.32 bits per heavy atom. The van der Waals surface area contributed by atoms with E-state index in [1.165, 1.54) is 0 Å². The first-order valence-electron chi connectivity index (χ1n) is 5.40. The van der Waals surface area contributed by atoms with E-state index in [-0.39, 0.29) is 6.04 Å². The summed E-state index contributed by atoms with van der Waals surface area (Å²) in [5.41, 5.74) is 6.14. The molecule has 0 fully saturated rings. The van der Waals surface area contributed by atoms with Gasteiger partial charge < -0.3 is 10.1 Å². The second kappa shape index (κ2) is 7.97. The molecule has 0 spiro atoms. The van der Waals surface area contributed by atoms with Crippen LogP contribution in [0.3, 0.4) is 0 Å². The Balaban J connectivity index is 2.55. The summed E-state index contributed by atoms with van der Waals surface area (Å²) >= 11 is 23.0. The normalized spacial score (nSPS) is 11.8. The molecule has 4 nitrogen and oxygen atoms in total. The highest BCUT2D eigenvalue weighted by Gasteiger charge is 2.08. The molecular weight excluding hydrogens is 329 g/mol. The van der Waals surface area contributed by atoms with Crippen molar-refractivity contribution < 1.29 is 4.74 Å². The molecule has 3 N–H and O–H groups in total. The number of nitrogens with one attached hydrogen (secondary N) is 3. The Hall–Kier alpha value is -0.460. The van der Waals surface area contributed by atoms with Crippen LogP contribution in [-0.4, -0.2) is 24.9 Å². The standard InChI is InChI=1S/C11H14Cl3N3OS/c1-6(5-18-2)15-11(19)17-16-10-8(13)3-7(12)4-9(10)14/h3-4,6,16H,5H2,1-2H3,(H2,15,17,19). The molecule has 0 aliphatic rings. The molecule has 0 saturated heterocycles. The summed E-state index contributed by atoms with van der Waals surface area (Å²) in [6.45, 7) is 2.49. The fraction of sp³-hybridized carbons (Fsp3) is 0.364. The average Bonchev–Trinajstić information content (AvgIpc) is 2.27. The van der Waals surface area contributed by atoms with Crippen LogP contribution in [0.25, 0.3) is 0 Å². The lowest BCUT2D eigenvalue weighted by atomic mass is 10.3. The van der Waals surface area contributed by atoms with Crippen molar-refractivity contribution in [3.05, 3.63) is 27.2 Å². The molecule has 1 aromatic carbocycles. The number of benzene rings is 1. The van der Waals surface area contributed by atoms with Crippen LogP contribution < -0.4 is 16.2 Å². The van der Waals surface area contributed by atoms with Gasteiger partial charge in [0.1, 0.15) is 0 Å². The second-order valence-corrected chi connectivity index (χ2v) is 5.48. The summed E-state index contributed by atoms with van der Waals surface area (Å²) in [6.07, 6.45) is 0. The van der Waals surface area contributed by atoms with Crippen LogP contribution in [0, 0.1) is 0 Å². The summed E-state index contributed by atoms with van der Waals surface area (Å²) in [7, 11) is 1.63. The van der Waals surface area contributed by atoms with E-state index in [1.54, 1.807) is 19.2 Å². The van der Waals surface area contributed by atoms with Gasteiger partial charge in [0.15, 0.2) is 5.11 Å². The van der Waals surface area contributed by atoms with Gasteiger partial charge in [-0.15, -0.1) is 0 Å². The molecule has 1 unspecified atom stereocenters. The molecule has 8 heteroatoms. The number of methoxy groups -OCH3 is 1. The third kappa shape index (κ3) is 5.58. The molecular formula is C11H14Cl3N3OS. The summed E-state index contributed by atoms with van der Waals surface area (Å²) in [4.78, 5) is 0. The van der Waals surface area contributed by atoms with E-state index < -0.39 is 0 Å². The molecule has 0 amide bonds. The van der Waals surface area contributed by atoms with E-state index in [9.17, 15) is 0 Å². The van der Waals surface area contributed by atoms with E-state index in [1.807, 2.05) is 6.92 Å². The van der Waals surface area contributed by atoms with Crippen LogP contribution in [0.2, 0.25) is 15.1 Å². The van der Waals surface area contributed by atoms with Crippen molar-refractivity contribution in [2.45, 2.75) is 13.0 Å². The van der Waals surface area contributed by atoms with E-state index in [0.29, 0.717) is 32.5 Å². The molecule has 0 bridgehead atoms. The minimum Gasteiger partial charge on any atom is -0.383 e. The number of hydrogen-bond acceptors (Lipinski definition) is 3. The SMILES string of the molecule is COCC(C)NC(=S)NNc1c(Cl)cc(Cl)cc1Cl. The first-order chi connectivity index (χ1) is 8.93. The first kappa shape index (κ1) is 16.6. The van der Waals surface area contributed by atoms with Gasteiger partial charge in [0.2, 0.25) is 0 Å². The number of hydrogen-bond donors (Lipinski definition) is 3. The summed E-state index contributed by atoms with van der Waals surface area (Å²) in [6, 6.07) is 3.26. The molecule has 0 radical (unpaired) electrons. The molecule has 0 aliphatic heterocycles. The van der Waals surface area contributed by atoms with Crippen LogP contribution in [0.5, 0.6) is 0 Å². The third-order valence-electron chi connectivity index (χ3n) is 2.10. The maximum atomic E-state index is 6.02. The van der Waals surface area contributed by atoms with Crippen molar-refractivity contribution >= 4 is 57.8 Å². The molecule has 1 aromatic rings. The maximum Gasteiger partial charge on any atom is 0.185 e. The van der Waals surface area contributed by atoms with Crippen LogP contribution >= 0.6 is 47.0 Å². The topological polar surface area (TPSA) is 45.3 Å². The molecule has 0 saturated carbocycles. The van der Waals surface area contributed by atoms with Gasteiger partial charge in [-0.1, -0.05) is 34.8 Å². The highest BCUT2D eigenvalue weighted by Crippen LogP contribution is 2.32. The van der Waals surface area contributed by atoms with Gasteiger partial charge in [0.25, 0.3) is 0 Å². The summed E-state index contributed by atoms with van der Waals surface area (Å²) < 4.78 is 4.99. The number of rotatable bonds is 5. The Labute approximate surface area is 132 Å². The van der Waals surface area contributed by atoms with E-state index >= 15 is 0 Å². The molecule has 106 valence electrons. The molecule has 1 atom stereocenters. The third-order valence-corrected chi connectivity index (χ3v) is 3.14. The van der Waals surface area contributed by atoms with Gasteiger partial charge in [0.05, 0.1) is 22.3 Å². The van der Waals surface area contributed by atoms with E-state index in [0.717, 1.165) is 0 Å². The predicted octanol–water partition coefficient (Wildman–Crippen LogP) is 3.47. The Morgan fingerprint density at radius 3 is 2.42 bits per heavy atom. The lowest BCUT2D eigenvalue weighted by Crippen LogP contribution is -2.44. The van der Waals surface area contributed by atoms with Crippen molar-refractivity contribution in [3.63, 3.8) is 0 Å². The van der Waals surface area contributed by atoms with Crippen molar-refractivity contribution in [1.29, 1.82) is 0 Å². The van der Waals surface area contributed by atoms with E-state index in [4.69, 9.17) is 51.8 Å². The second-order valence-electron chi connectivity index (χ2n) is 3.82.